The Hall–Kier alpha value is -2.20. The highest BCUT2D eigenvalue weighted by atomic mass is 16.5. The molecule has 0 atom stereocenters. The molecular formula is C17H19NO3. The number of ether oxygens (including phenoxy) is 2. The van der Waals surface area contributed by atoms with Crippen molar-refractivity contribution in [3.05, 3.63) is 53.6 Å². The number of methoxy groups -OCH3 is 1. The van der Waals surface area contributed by atoms with Gasteiger partial charge in [0.15, 0.2) is 11.5 Å². The summed E-state index contributed by atoms with van der Waals surface area (Å²) >= 11 is 0. The number of aromatic hydroxyl groups is 1. The predicted molar refractivity (Wildman–Crippen MR) is 80.7 cm³/mol. The highest BCUT2D eigenvalue weighted by Gasteiger charge is 2.17. The molecule has 0 aliphatic carbocycles. The molecule has 3 rings (SSSR count). The van der Waals surface area contributed by atoms with Crippen LogP contribution >= 0.6 is 0 Å². The zero-order valence-corrected chi connectivity index (χ0v) is 12.1. The van der Waals surface area contributed by atoms with E-state index in [-0.39, 0.29) is 5.75 Å². The number of para-hydroxylation sites is 2. The van der Waals surface area contributed by atoms with Gasteiger partial charge in [-0.1, -0.05) is 30.3 Å². The molecule has 0 fully saturated rings. The van der Waals surface area contributed by atoms with E-state index in [0.717, 1.165) is 24.4 Å². The second kappa shape index (κ2) is 6.06. The molecule has 0 saturated heterocycles. The van der Waals surface area contributed by atoms with Gasteiger partial charge in [0, 0.05) is 30.8 Å². The molecule has 1 aliphatic heterocycles. The lowest BCUT2D eigenvalue weighted by Gasteiger charge is -2.20. The average Bonchev–Trinajstić information content (AvgIpc) is 2.71. The highest BCUT2D eigenvalue weighted by molar-refractivity contribution is 5.45. The molecular weight excluding hydrogens is 266 g/mol. The van der Waals surface area contributed by atoms with Crippen LogP contribution in [0.1, 0.15) is 11.1 Å². The maximum Gasteiger partial charge on any atom is 0.162 e. The Bertz CT molecular complexity index is 627. The molecule has 0 amide bonds. The summed E-state index contributed by atoms with van der Waals surface area (Å²) in [4.78, 5) is 2.26. The molecule has 0 unspecified atom stereocenters. The molecule has 0 spiro atoms. The number of phenolic OH excluding ortho intramolecular Hbond substituents is 1. The van der Waals surface area contributed by atoms with Crippen molar-refractivity contribution in [1.82, 2.24) is 4.90 Å². The summed E-state index contributed by atoms with van der Waals surface area (Å²) in [6, 6.07) is 13.7. The van der Waals surface area contributed by atoms with Gasteiger partial charge in [-0.2, -0.15) is 0 Å². The van der Waals surface area contributed by atoms with E-state index < -0.39 is 0 Å². The number of nitrogens with zero attached hydrogens (tertiary/aromatic N) is 1. The van der Waals surface area contributed by atoms with Crippen molar-refractivity contribution in [2.24, 2.45) is 0 Å². The summed E-state index contributed by atoms with van der Waals surface area (Å²) in [7, 11) is 1.56. The fourth-order valence-corrected chi connectivity index (χ4v) is 2.62. The number of hydrogen-bond donors (Lipinski definition) is 1. The molecule has 4 nitrogen and oxygen atoms in total. The molecule has 0 radical (unpaired) electrons. The molecule has 110 valence electrons. The van der Waals surface area contributed by atoms with Crippen LogP contribution in [-0.2, 0) is 13.1 Å². The number of phenols is 1. The first-order valence-corrected chi connectivity index (χ1v) is 7.06. The fraction of sp³-hybridized carbons (Fsp3) is 0.294. The Morgan fingerprint density at radius 2 is 2.05 bits per heavy atom. The van der Waals surface area contributed by atoms with Crippen molar-refractivity contribution < 1.29 is 14.6 Å². The average molecular weight is 285 g/mol. The molecule has 0 saturated carbocycles. The Morgan fingerprint density at radius 3 is 2.90 bits per heavy atom. The fourth-order valence-electron chi connectivity index (χ4n) is 2.62. The normalized spacial score (nSPS) is 14.9. The molecule has 2 aromatic carbocycles. The molecule has 0 aromatic heterocycles. The third-order valence-electron chi connectivity index (χ3n) is 3.73. The van der Waals surface area contributed by atoms with E-state index in [4.69, 9.17) is 9.47 Å². The monoisotopic (exact) mass is 285 g/mol. The smallest absolute Gasteiger partial charge is 0.162 e. The van der Waals surface area contributed by atoms with Crippen molar-refractivity contribution in [2.75, 3.05) is 20.3 Å². The summed E-state index contributed by atoms with van der Waals surface area (Å²) in [6.07, 6.45) is 0. The van der Waals surface area contributed by atoms with Crippen LogP contribution in [0.25, 0.3) is 0 Å². The zero-order chi connectivity index (χ0) is 14.7. The number of rotatable bonds is 3. The van der Waals surface area contributed by atoms with Crippen LogP contribution in [0.5, 0.6) is 17.2 Å². The van der Waals surface area contributed by atoms with E-state index >= 15 is 0 Å². The van der Waals surface area contributed by atoms with E-state index in [1.807, 2.05) is 30.3 Å². The minimum Gasteiger partial charge on any atom is -0.504 e. The quantitative estimate of drug-likeness (QED) is 0.941. The zero-order valence-electron chi connectivity index (χ0n) is 12.1. The van der Waals surface area contributed by atoms with Crippen molar-refractivity contribution in [1.29, 1.82) is 0 Å². The maximum atomic E-state index is 10.2. The Kier molecular flexibility index (Phi) is 3.97. The van der Waals surface area contributed by atoms with E-state index in [2.05, 4.69) is 11.0 Å². The second-order valence-electron chi connectivity index (χ2n) is 5.13. The molecule has 1 N–H and O–H groups in total. The van der Waals surface area contributed by atoms with Gasteiger partial charge in [-0.25, -0.2) is 0 Å². The summed E-state index contributed by atoms with van der Waals surface area (Å²) in [5.41, 5.74) is 2.05. The minimum atomic E-state index is 0.221. The van der Waals surface area contributed by atoms with Gasteiger partial charge in [0.1, 0.15) is 12.4 Å². The van der Waals surface area contributed by atoms with Crippen molar-refractivity contribution in [3.8, 4) is 17.2 Å². The van der Waals surface area contributed by atoms with E-state index in [1.54, 1.807) is 13.2 Å². The van der Waals surface area contributed by atoms with Gasteiger partial charge in [-0.3, -0.25) is 4.90 Å². The second-order valence-corrected chi connectivity index (χ2v) is 5.13. The van der Waals surface area contributed by atoms with Crippen LogP contribution in [0.2, 0.25) is 0 Å². The summed E-state index contributed by atoms with van der Waals surface area (Å²) in [5.74, 6) is 1.69. The van der Waals surface area contributed by atoms with Crippen LogP contribution in [0.4, 0.5) is 0 Å². The van der Waals surface area contributed by atoms with Gasteiger partial charge in [-0.05, 0) is 12.1 Å². The molecule has 4 heteroatoms. The third-order valence-corrected chi connectivity index (χ3v) is 3.73. The molecule has 21 heavy (non-hydrogen) atoms. The molecule has 2 aromatic rings. The first-order valence-electron chi connectivity index (χ1n) is 7.06. The van der Waals surface area contributed by atoms with Gasteiger partial charge >= 0.3 is 0 Å². The topological polar surface area (TPSA) is 41.9 Å². The van der Waals surface area contributed by atoms with Crippen LogP contribution in [-0.4, -0.2) is 30.3 Å². The Labute approximate surface area is 124 Å². The van der Waals surface area contributed by atoms with Crippen LogP contribution in [0.15, 0.2) is 42.5 Å². The van der Waals surface area contributed by atoms with Gasteiger partial charge < -0.3 is 14.6 Å². The largest absolute Gasteiger partial charge is 0.504 e. The summed E-state index contributed by atoms with van der Waals surface area (Å²) in [6.45, 7) is 2.96. The van der Waals surface area contributed by atoms with Gasteiger partial charge in [0.2, 0.25) is 0 Å². The van der Waals surface area contributed by atoms with Gasteiger partial charge in [-0.15, -0.1) is 0 Å². The number of benzene rings is 2. The first kappa shape index (κ1) is 13.8. The Morgan fingerprint density at radius 1 is 1.19 bits per heavy atom. The van der Waals surface area contributed by atoms with E-state index in [9.17, 15) is 5.11 Å². The van der Waals surface area contributed by atoms with Gasteiger partial charge in [0.25, 0.3) is 0 Å². The molecule has 1 aliphatic rings. The van der Waals surface area contributed by atoms with Crippen molar-refractivity contribution >= 4 is 0 Å². The Balaban J connectivity index is 1.80. The predicted octanol–water partition coefficient (Wildman–Crippen LogP) is 2.80. The maximum absolute atomic E-state index is 10.2. The van der Waals surface area contributed by atoms with E-state index in [0.29, 0.717) is 18.9 Å². The number of hydrogen-bond acceptors (Lipinski definition) is 4. The van der Waals surface area contributed by atoms with Crippen molar-refractivity contribution in [3.63, 3.8) is 0 Å². The number of fused-ring (bicyclic) bond motifs is 1. The van der Waals surface area contributed by atoms with Crippen LogP contribution in [0.3, 0.4) is 0 Å². The van der Waals surface area contributed by atoms with Crippen LogP contribution in [0, 0.1) is 0 Å². The van der Waals surface area contributed by atoms with Crippen LogP contribution < -0.4 is 9.47 Å². The van der Waals surface area contributed by atoms with E-state index in [1.165, 1.54) is 5.56 Å². The minimum absolute atomic E-state index is 0.221. The standard InChI is InChI=1S/C17H19NO3/c1-20-16-8-4-6-14(17(16)19)12-18-9-10-21-15-7-3-2-5-13(15)11-18/h2-8,19H,9-12H2,1H3. The lowest BCUT2D eigenvalue weighted by molar-refractivity contribution is 0.217. The highest BCUT2D eigenvalue weighted by Crippen LogP contribution is 2.31. The summed E-state index contributed by atoms with van der Waals surface area (Å²) in [5, 5.41) is 10.2. The molecule has 1 heterocycles. The molecule has 0 bridgehead atoms. The first-order chi connectivity index (χ1) is 10.3. The third kappa shape index (κ3) is 2.95. The van der Waals surface area contributed by atoms with Gasteiger partial charge in [0.05, 0.1) is 7.11 Å². The lowest BCUT2D eigenvalue weighted by atomic mass is 10.1. The lowest BCUT2D eigenvalue weighted by Crippen LogP contribution is -2.25. The van der Waals surface area contributed by atoms with Crippen molar-refractivity contribution in [2.45, 2.75) is 13.1 Å². The SMILES string of the molecule is COc1cccc(CN2CCOc3ccccc3C2)c1O. The summed E-state index contributed by atoms with van der Waals surface area (Å²) < 4.78 is 10.9.